The first-order valence-electron chi connectivity index (χ1n) is 9.30. The Kier molecular flexibility index (Phi) is 5.25. The standard InChI is InChI=1S/C16H26N6O3S/c23-26(24,21-3-1-2-4-21)22-7-5-20(6-8-22)16-13-15(14-17-18-16)19-9-11-25-12-10-19/h13-14H,1-12H2. The topological polar surface area (TPSA) is 82.1 Å². The Labute approximate surface area is 154 Å². The van der Waals surface area contributed by atoms with E-state index in [9.17, 15) is 8.42 Å². The van der Waals surface area contributed by atoms with Crippen molar-refractivity contribution >= 4 is 21.7 Å². The van der Waals surface area contributed by atoms with Crippen LogP contribution in [0.2, 0.25) is 0 Å². The van der Waals surface area contributed by atoms with Gasteiger partial charge in [-0.1, -0.05) is 0 Å². The molecule has 3 aliphatic rings. The van der Waals surface area contributed by atoms with Gasteiger partial charge in [0.1, 0.15) is 0 Å². The third-order valence-corrected chi connectivity index (χ3v) is 7.32. The maximum atomic E-state index is 12.7. The molecular formula is C16H26N6O3S. The van der Waals surface area contributed by atoms with Crippen molar-refractivity contribution in [3.63, 3.8) is 0 Å². The Bertz CT molecular complexity index is 710. The lowest BCUT2D eigenvalue weighted by Gasteiger charge is -2.36. The van der Waals surface area contributed by atoms with Crippen molar-refractivity contribution in [3.8, 4) is 0 Å². The number of piperazine rings is 1. The Morgan fingerprint density at radius 3 is 2.19 bits per heavy atom. The predicted octanol–water partition coefficient (Wildman–Crippen LogP) is -0.224. The second-order valence-corrected chi connectivity index (χ2v) is 8.80. The van der Waals surface area contributed by atoms with Gasteiger partial charge in [0.2, 0.25) is 0 Å². The van der Waals surface area contributed by atoms with Crippen molar-refractivity contribution in [1.29, 1.82) is 0 Å². The number of morpholine rings is 1. The molecule has 0 spiro atoms. The number of nitrogens with zero attached hydrogens (tertiary/aromatic N) is 6. The first-order valence-corrected chi connectivity index (χ1v) is 10.7. The van der Waals surface area contributed by atoms with Crippen molar-refractivity contribution in [2.45, 2.75) is 12.8 Å². The highest BCUT2D eigenvalue weighted by atomic mass is 32.2. The molecule has 1 aromatic rings. The third kappa shape index (κ3) is 3.64. The van der Waals surface area contributed by atoms with Gasteiger partial charge in [-0.3, -0.25) is 0 Å². The van der Waals surface area contributed by atoms with Gasteiger partial charge in [0.05, 0.1) is 25.1 Å². The van der Waals surface area contributed by atoms with E-state index in [1.165, 1.54) is 0 Å². The quantitative estimate of drug-likeness (QED) is 0.712. The summed E-state index contributed by atoms with van der Waals surface area (Å²) in [5.41, 5.74) is 1.05. The molecule has 0 bridgehead atoms. The van der Waals surface area contributed by atoms with E-state index in [-0.39, 0.29) is 0 Å². The monoisotopic (exact) mass is 382 g/mol. The molecule has 0 amide bonds. The van der Waals surface area contributed by atoms with E-state index >= 15 is 0 Å². The summed E-state index contributed by atoms with van der Waals surface area (Å²) in [6, 6.07) is 2.04. The molecule has 0 N–H and O–H groups in total. The van der Waals surface area contributed by atoms with Gasteiger partial charge >= 0.3 is 0 Å². The lowest BCUT2D eigenvalue weighted by molar-refractivity contribution is 0.122. The van der Waals surface area contributed by atoms with Crippen molar-refractivity contribution in [3.05, 3.63) is 12.3 Å². The van der Waals surface area contributed by atoms with E-state index in [1.807, 2.05) is 6.07 Å². The molecule has 0 unspecified atom stereocenters. The fourth-order valence-corrected chi connectivity index (χ4v) is 5.40. The molecule has 0 radical (unpaired) electrons. The highest BCUT2D eigenvalue weighted by Gasteiger charge is 2.34. The van der Waals surface area contributed by atoms with Crippen LogP contribution in [0.25, 0.3) is 0 Å². The van der Waals surface area contributed by atoms with Crippen LogP contribution in [0.4, 0.5) is 11.5 Å². The minimum absolute atomic E-state index is 0.488. The van der Waals surface area contributed by atoms with Crippen LogP contribution in [0.1, 0.15) is 12.8 Å². The molecule has 3 fully saturated rings. The van der Waals surface area contributed by atoms with Crippen LogP contribution in [-0.2, 0) is 14.9 Å². The second-order valence-electron chi connectivity index (χ2n) is 6.87. The van der Waals surface area contributed by atoms with E-state index in [0.29, 0.717) is 39.3 Å². The molecule has 4 rings (SSSR count). The molecule has 3 saturated heterocycles. The SMILES string of the molecule is O=S(=O)(N1CCCC1)N1CCN(c2cc(N3CCOCC3)cnn2)CC1. The van der Waals surface area contributed by atoms with Gasteiger partial charge in [0.15, 0.2) is 5.82 Å². The highest BCUT2D eigenvalue weighted by molar-refractivity contribution is 7.86. The van der Waals surface area contributed by atoms with Crippen molar-refractivity contribution in [2.24, 2.45) is 0 Å². The van der Waals surface area contributed by atoms with E-state index in [4.69, 9.17) is 4.74 Å². The Balaban J connectivity index is 1.40. The Morgan fingerprint density at radius 2 is 1.50 bits per heavy atom. The Morgan fingerprint density at radius 1 is 0.846 bits per heavy atom. The summed E-state index contributed by atoms with van der Waals surface area (Å²) in [6.07, 6.45) is 3.70. The fourth-order valence-electron chi connectivity index (χ4n) is 3.72. The maximum absolute atomic E-state index is 12.7. The number of ether oxygens (including phenoxy) is 1. The average molecular weight is 382 g/mol. The van der Waals surface area contributed by atoms with E-state index in [1.54, 1.807) is 14.8 Å². The number of anilines is 2. The van der Waals surface area contributed by atoms with Gasteiger partial charge in [-0.25, -0.2) is 0 Å². The summed E-state index contributed by atoms with van der Waals surface area (Å²) in [6.45, 7) is 6.70. The molecule has 4 heterocycles. The molecule has 0 saturated carbocycles. The molecule has 3 aliphatic heterocycles. The molecule has 1 aromatic heterocycles. The minimum atomic E-state index is -3.31. The summed E-state index contributed by atoms with van der Waals surface area (Å²) in [5, 5.41) is 8.41. The van der Waals surface area contributed by atoms with Crippen LogP contribution in [0.15, 0.2) is 12.3 Å². The summed E-state index contributed by atoms with van der Waals surface area (Å²) >= 11 is 0. The first-order chi connectivity index (χ1) is 12.6. The zero-order valence-corrected chi connectivity index (χ0v) is 15.8. The molecule has 9 nitrogen and oxygen atoms in total. The van der Waals surface area contributed by atoms with E-state index in [2.05, 4.69) is 20.0 Å². The number of hydrogen-bond acceptors (Lipinski definition) is 7. The zero-order valence-electron chi connectivity index (χ0n) is 15.0. The summed E-state index contributed by atoms with van der Waals surface area (Å²) in [4.78, 5) is 4.36. The first kappa shape index (κ1) is 17.9. The lowest BCUT2D eigenvalue weighted by Crippen LogP contribution is -2.52. The predicted molar refractivity (Wildman–Crippen MR) is 98.6 cm³/mol. The number of hydrogen-bond donors (Lipinski definition) is 0. The largest absolute Gasteiger partial charge is 0.378 e. The Hall–Kier alpha value is -1.49. The summed E-state index contributed by atoms with van der Waals surface area (Å²) in [5.74, 6) is 0.812. The van der Waals surface area contributed by atoms with Crippen LogP contribution >= 0.6 is 0 Å². The zero-order chi connectivity index (χ0) is 18.0. The molecule has 26 heavy (non-hydrogen) atoms. The van der Waals surface area contributed by atoms with Crippen LogP contribution < -0.4 is 9.80 Å². The number of aromatic nitrogens is 2. The van der Waals surface area contributed by atoms with Crippen LogP contribution in [0, 0.1) is 0 Å². The van der Waals surface area contributed by atoms with Gasteiger partial charge in [-0.15, -0.1) is 5.10 Å². The maximum Gasteiger partial charge on any atom is 0.282 e. The van der Waals surface area contributed by atoms with Gasteiger partial charge < -0.3 is 14.5 Å². The molecule has 0 aromatic carbocycles. The van der Waals surface area contributed by atoms with Gasteiger partial charge in [-0.05, 0) is 12.8 Å². The fraction of sp³-hybridized carbons (Fsp3) is 0.750. The van der Waals surface area contributed by atoms with Crippen LogP contribution in [0.3, 0.4) is 0 Å². The normalized spacial score (nSPS) is 23.5. The summed E-state index contributed by atoms with van der Waals surface area (Å²) < 4.78 is 34.0. The van der Waals surface area contributed by atoms with Crippen molar-refractivity contribution in [2.75, 3.05) is 75.4 Å². The van der Waals surface area contributed by atoms with Crippen molar-refractivity contribution in [1.82, 2.24) is 18.8 Å². The lowest BCUT2D eigenvalue weighted by atomic mass is 10.3. The molecule has 10 heteroatoms. The van der Waals surface area contributed by atoms with Crippen LogP contribution in [0.5, 0.6) is 0 Å². The number of rotatable bonds is 4. The molecule has 0 atom stereocenters. The highest BCUT2D eigenvalue weighted by Crippen LogP contribution is 2.23. The van der Waals surface area contributed by atoms with E-state index < -0.39 is 10.2 Å². The van der Waals surface area contributed by atoms with Gasteiger partial charge in [0, 0.05) is 58.4 Å². The van der Waals surface area contributed by atoms with Crippen LogP contribution in [-0.4, -0.2) is 92.8 Å². The third-order valence-electron chi connectivity index (χ3n) is 5.28. The van der Waals surface area contributed by atoms with E-state index in [0.717, 1.165) is 50.7 Å². The van der Waals surface area contributed by atoms with Crippen molar-refractivity contribution < 1.29 is 13.2 Å². The average Bonchev–Trinajstić information content (AvgIpc) is 3.25. The summed E-state index contributed by atoms with van der Waals surface area (Å²) in [7, 11) is -3.31. The molecule has 0 aliphatic carbocycles. The molecule has 144 valence electrons. The smallest absolute Gasteiger partial charge is 0.282 e. The van der Waals surface area contributed by atoms with Gasteiger partial charge in [0.25, 0.3) is 10.2 Å². The minimum Gasteiger partial charge on any atom is -0.378 e. The molecular weight excluding hydrogens is 356 g/mol. The van der Waals surface area contributed by atoms with Gasteiger partial charge in [-0.2, -0.15) is 22.1 Å². The second kappa shape index (κ2) is 7.63.